The van der Waals surface area contributed by atoms with Gasteiger partial charge in [0.15, 0.2) is 0 Å². The van der Waals surface area contributed by atoms with Crippen LogP contribution in [0.1, 0.15) is 0 Å². The standard InChI is InChI=1S/C56H34/c1-3-11-47-36(9-1)19-27-44-33-53(49-13-5-7-15-51(49)55(44)47)42-26-24-39-29-38(22-23-40(39)30-42)41-21-17-35-18-25-43(32-46(35)31-41)54-34-45-28-20-37-10-2-4-12-48(37)56(45)52-16-8-6-14-50(52)54/h1-34H. The zero-order chi connectivity index (χ0) is 36.7. The van der Waals surface area contributed by atoms with E-state index in [9.17, 15) is 0 Å². The summed E-state index contributed by atoms with van der Waals surface area (Å²) in [7, 11) is 0. The third-order valence-corrected chi connectivity index (χ3v) is 12.1. The lowest BCUT2D eigenvalue weighted by Gasteiger charge is -2.14. The first kappa shape index (κ1) is 31.1. The van der Waals surface area contributed by atoms with Crippen molar-refractivity contribution in [2.45, 2.75) is 0 Å². The van der Waals surface area contributed by atoms with Crippen molar-refractivity contribution in [1.29, 1.82) is 0 Å². The fourth-order valence-corrected chi connectivity index (χ4v) is 9.42. The molecule has 0 atom stereocenters. The van der Waals surface area contributed by atoms with Crippen LogP contribution in [0.2, 0.25) is 0 Å². The molecule has 0 bridgehead atoms. The molecule has 12 aromatic carbocycles. The number of benzene rings is 12. The van der Waals surface area contributed by atoms with Crippen molar-refractivity contribution in [3.63, 3.8) is 0 Å². The van der Waals surface area contributed by atoms with Crippen molar-refractivity contribution in [2.75, 3.05) is 0 Å². The third kappa shape index (κ3) is 4.79. The summed E-state index contributed by atoms with van der Waals surface area (Å²) in [5, 5.41) is 20.5. The smallest absolute Gasteiger partial charge is 0.00264 e. The van der Waals surface area contributed by atoms with E-state index in [-0.39, 0.29) is 0 Å². The third-order valence-electron chi connectivity index (χ3n) is 12.1. The summed E-state index contributed by atoms with van der Waals surface area (Å²) in [6.07, 6.45) is 0. The van der Waals surface area contributed by atoms with Gasteiger partial charge in [-0.05, 0) is 156 Å². The second kappa shape index (κ2) is 12.1. The highest BCUT2D eigenvalue weighted by Crippen LogP contribution is 2.41. The van der Waals surface area contributed by atoms with Gasteiger partial charge >= 0.3 is 0 Å². The molecule has 0 fully saturated rings. The Hall–Kier alpha value is -7.28. The summed E-state index contributed by atoms with van der Waals surface area (Å²) in [5.41, 5.74) is 7.47. The van der Waals surface area contributed by atoms with Crippen LogP contribution in [0.3, 0.4) is 0 Å². The van der Waals surface area contributed by atoms with Crippen molar-refractivity contribution < 1.29 is 0 Å². The molecule has 0 nitrogen and oxygen atoms in total. The highest BCUT2D eigenvalue weighted by Gasteiger charge is 2.14. The Bertz CT molecular complexity index is 3590. The average Bonchev–Trinajstić information content (AvgIpc) is 3.27. The number of hydrogen-bond acceptors (Lipinski definition) is 0. The van der Waals surface area contributed by atoms with Gasteiger partial charge in [0.25, 0.3) is 0 Å². The maximum Gasteiger partial charge on any atom is -0.00264 e. The molecule has 12 rings (SSSR count). The van der Waals surface area contributed by atoms with Crippen molar-refractivity contribution in [3.05, 3.63) is 206 Å². The Labute approximate surface area is 324 Å². The highest BCUT2D eigenvalue weighted by molar-refractivity contribution is 6.24. The fourth-order valence-electron chi connectivity index (χ4n) is 9.42. The van der Waals surface area contributed by atoms with Crippen LogP contribution in [0.5, 0.6) is 0 Å². The summed E-state index contributed by atoms with van der Waals surface area (Å²) in [4.78, 5) is 0. The monoisotopic (exact) mass is 706 g/mol. The molecule has 0 aliphatic carbocycles. The van der Waals surface area contributed by atoms with E-state index in [4.69, 9.17) is 0 Å². The van der Waals surface area contributed by atoms with E-state index >= 15 is 0 Å². The summed E-state index contributed by atoms with van der Waals surface area (Å²) in [6.45, 7) is 0. The van der Waals surface area contributed by atoms with Crippen LogP contribution in [0.4, 0.5) is 0 Å². The number of rotatable bonds is 3. The van der Waals surface area contributed by atoms with E-state index in [2.05, 4.69) is 206 Å². The first-order chi connectivity index (χ1) is 27.7. The predicted molar refractivity (Wildman–Crippen MR) is 243 cm³/mol. The van der Waals surface area contributed by atoms with Crippen LogP contribution in [-0.4, -0.2) is 0 Å². The lowest BCUT2D eigenvalue weighted by atomic mass is 9.89. The molecule has 0 radical (unpaired) electrons. The van der Waals surface area contributed by atoms with Crippen LogP contribution < -0.4 is 0 Å². The molecule has 0 aromatic heterocycles. The van der Waals surface area contributed by atoms with E-state index in [0.717, 1.165) is 0 Å². The van der Waals surface area contributed by atoms with E-state index in [1.54, 1.807) is 0 Å². The Morgan fingerprint density at radius 3 is 1.04 bits per heavy atom. The summed E-state index contributed by atoms with van der Waals surface area (Å²) >= 11 is 0. The Balaban J connectivity index is 0.944. The van der Waals surface area contributed by atoms with Gasteiger partial charge < -0.3 is 0 Å². The van der Waals surface area contributed by atoms with E-state index in [1.807, 2.05) is 0 Å². The molecule has 56 heavy (non-hydrogen) atoms. The zero-order valence-corrected chi connectivity index (χ0v) is 30.6. The van der Waals surface area contributed by atoms with E-state index < -0.39 is 0 Å². The van der Waals surface area contributed by atoms with Crippen molar-refractivity contribution >= 4 is 86.2 Å². The summed E-state index contributed by atoms with van der Waals surface area (Å²) in [5.74, 6) is 0. The maximum absolute atomic E-state index is 2.38. The molecule has 0 amide bonds. The van der Waals surface area contributed by atoms with Gasteiger partial charge in [-0.2, -0.15) is 0 Å². The fraction of sp³-hybridized carbons (Fsp3) is 0. The first-order valence-electron chi connectivity index (χ1n) is 19.5. The van der Waals surface area contributed by atoms with Gasteiger partial charge in [0, 0.05) is 0 Å². The predicted octanol–water partition coefficient (Wildman–Crippen LogP) is 15.9. The van der Waals surface area contributed by atoms with Crippen LogP contribution in [-0.2, 0) is 0 Å². The Morgan fingerprint density at radius 2 is 0.518 bits per heavy atom. The quantitative estimate of drug-likeness (QED) is 0.160. The highest BCUT2D eigenvalue weighted by atomic mass is 14.2. The first-order valence-corrected chi connectivity index (χ1v) is 19.5. The minimum absolute atomic E-state index is 1.23. The molecule has 258 valence electrons. The average molecular weight is 707 g/mol. The largest absolute Gasteiger partial charge is 0.0616 e. The van der Waals surface area contributed by atoms with Gasteiger partial charge in [0.2, 0.25) is 0 Å². The SMILES string of the molecule is c1ccc2c(c1)ccc1cc(-c3ccc4cc(-c5ccc6ccc(-c7cc8ccc9ccccc9c8c8ccccc78)cc6c5)ccc4c3)c3ccccc3c12. The van der Waals surface area contributed by atoms with Crippen LogP contribution in [0.15, 0.2) is 206 Å². The molecular formula is C56H34. The van der Waals surface area contributed by atoms with E-state index in [1.165, 1.54) is 120 Å². The molecule has 0 aliphatic rings. The molecule has 0 saturated heterocycles. The van der Waals surface area contributed by atoms with Crippen LogP contribution >= 0.6 is 0 Å². The number of fused-ring (bicyclic) bond motifs is 12. The molecule has 12 aromatic rings. The second-order valence-corrected chi connectivity index (χ2v) is 15.3. The Morgan fingerprint density at radius 1 is 0.179 bits per heavy atom. The van der Waals surface area contributed by atoms with Gasteiger partial charge in [0.1, 0.15) is 0 Å². The zero-order valence-electron chi connectivity index (χ0n) is 30.6. The molecule has 0 N–H and O–H groups in total. The van der Waals surface area contributed by atoms with E-state index in [0.29, 0.717) is 0 Å². The van der Waals surface area contributed by atoms with Crippen LogP contribution in [0, 0.1) is 0 Å². The normalized spacial score (nSPS) is 11.9. The molecule has 0 heterocycles. The molecule has 0 aliphatic heterocycles. The van der Waals surface area contributed by atoms with Gasteiger partial charge in [-0.15, -0.1) is 0 Å². The number of hydrogen-bond donors (Lipinski definition) is 0. The van der Waals surface area contributed by atoms with Gasteiger partial charge in [0.05, 0.1) is 0 Å². The van der Waals surface area contributed by atoms with Crippen LogP contribution in [0.25, 0.3) is 120 Å². The van der Waals surface area contributed by atoms with Crippen molar-refractivity contribution in [1.82, 2.24) is 0 Å². The van der Waals surface area contributed by atoms with Gasteiger partial charge in [-0.3, -0.25) is 0 Å². The second-order valence-electron chi connectivity index (χ2n) is 15.3. The molecule has 0 unspecified atom stereocenters. The lowest BCUT2D eigenvalue weighted by molar-refractivity contribution is 1.66. The summed E-state index contributed by atoms with van der Waals surface area (Å²) < 4.78 is 0. The van der Waals surface area contributed by atoms with Crippen molar-refractivity contribution in [2.24, 2.45) is 0 Å². The Kier molecular flexibility index (Phi) is 6.73. The maximum atomic E-state index is 2.38. The summed E-state index contributed by atoms with van der Waals surface area (Å²) in [6, 6.07) is 76.7. The topological polar surface area (TPSA) is 0 Å². The molecule has 0 saturated carbocycles. The molecular weight excluding hydrogens is 673 g/mol. The van der Waals surface area contributed by atoms with Gasteiger partial charge in [-0.1, -0.05) is 170 Å². The molecule has 0 spiro atoms. The molecule has 0 heteroatoms. The van der Waals surface area contributed by atoms with Gasteiger partial charge in [-0.25, -0.2) is 0 Å². The van der Waals surface area contributed by atoms with Crippen molar-refractivity contribution in [3.8, 4) is 33.4 Å². The minimum atomic E-state index is 1.23. The minimum Gasteiger partial charge on any atom is -0.0616 e. The lowest BCUT2D eigenvalue weighted by Crippen LogP contribution is -1.87.